The molecule has 0 radical (unpaired) electrons. The summed E-state index contributed by atoms with van der Waals surface area (Å²) >= 11 is 0. The van der Waals surface area contributed by atoms with Gasteiger partial charge in [-0.2, -0.15) is 18.6 Å². The van der Waals surface area contributed by atoms with Gasteiger partial charge < -0.3 is 22.9 Å². The van der Waals surface area contributed by atoms with Gasteiger partial charge in [-0.15, -0.1) is 10.2 Å². The molecule has 98 valence electrons. The van der Waals surface area contributed by atoms with Gasteiger partial charge in [0.2, 0.25) is 11.9 Å². The summed E-state index contributed by atoms with van der Waals surface area (Å²) in [4.78, 5) is 0. The molecule has 13 heteroatoms. The molecule has 17 heavy (non-hydrogen) atoms. The molecule has 0 unspecified atom stereocenters. The minimum absolute atomic E-state index is 0.138. The van der Waals surface area contributed by atoms with Gasteiger partial charge in [0.05, 0.1) is 12.4 Å². The van der Waals surface area contributed by atoms with Gasteiger partial charge in [-0.1, -0.05) is 0 Å². The summed E-state index contributed by atoms with van der Waals surface area (Å²) in [6.07, 6.45) is 2.46. The van der Waals surface area contributed by atoms with Crippen LogP contribution in [0.2, 0.25) is 0 Å². The van der Waals surface area contributed by atoms with Crippen LogP contribution in [-0.4, -0.2) is 41.9 Å². The molecule has 12 nitrogen and oxygen atoms in total. The van der Waals surface area contributed by atoms with Crippen molar-refractivity contribution < 1.29 is 17.5 Å². The summed E-state index contributed by atoms with van der Waals surface area (Å²) in [6.45, 7) is 0. The molecule has 0 fully saturated rings. The fourth-order valence-electron chi connectivity index (χ4n) is 0.260. The summed E-state index contributed by atoms with van der Waals surface area (Å²) < 4.78 is 31.6. The Hall–Kier alpha value is -2.25. The normalized spacial score (nSPS) is 10.7. The Kier molecular flexibility index (Phi) is 9.09. The van der Waals surface area contributed by atoms with E-state index in [2.05, 4.69) is 20.4 Å². The maximum absolute atomic E-state index is 8.74. The number of nitrogens with two attached hydrogens (primary N) is 4. The standard InChI is InChI=1S/C4H10N8.H2O4S/c5-3(6)11-9-1-2-10-12-4(7)8;1-5(2,3)4/h1-2H,(H4,5,6,11)(H4,7,8,12);(H2,1,2,3,4)/b9-1+,10-2+;. The molecule has 0 heterocycles. The maximum Gasteiger partial charge on any atom is 0.394 e. The molecule has 0 saturated heterocycles. The van der Waals surface area contributed by atoms with E-state index in [9.17, 15) is 0 Å². The van der Waals surface area contributed by atoms with E-state index in [4.69, 9.17) is 40.5 Å². The van der Waals surface area contributed by atoms with Crippen molar-refractivity contribution in [1.29, 1.82) is 0 Å². The highest BCUT2D eigenvalue weighted by Gasteiger charge is 1.84. The molecule has 0 bridgehead atoms. The molecule has 0 amide bonds. The van der Waals surface area contributed by atoms with Crippen LogP contribution in [0.4, 0.5) is 0 Å². The van der Waals surface area contributed by atoms with Crippen LogP contribution < -0.4 is 22.9 Å². The van der Waals surface area contributed by atoms with Crippen LogP contribution in [0.1, 0.15) is 0 Å². The first-order valence-corrected chi connectivity index (χ1v) is 4.95. The monoisotopic (exact) mass is 268 g/mol. The van der Waals surface area contributed by atoms with Gasteiger partial charge in [0.15, 0.2) is 0 Å². The minimum Gasteiger partial charge on any atom is -0.369 e. The van der Waals surface area contributed by atoms with Crippen LogP contribution in [0.5, 0.6) is 0 Å². The zero-order chi connectivity index (χ0) is 13.9. The molecule has 0 aromatic carbocycles. The first kappa shape index (κ1) is 17.2. The van der Waals surface area contributed by atoms with Crippen molar-refractivity contribution in [1.82, 2.24) is 0 Å². The topological polar surface area (TPSA) is 228 Å². The van der Waals surface area contributed by atoms with Gasteiger partial charge in [0.25, 0.3) is 0 Å². The Morgan fingerprint density at radius 1 is 0.882 bits per heavy atom. The number of guanidine groups is 2. The summed E-state index contributed by atoms with van der Waals surface area (Å²) in [5.74, 6) is -0.275. The average molecular weight is 268 g/mol. The van der Waals surface area contributed by atoms with Gasteiger partial charge in [0, 0.05) is 0 Å². The number of hydrogen-bond acceptors (Lipinski definition) is 6. The van der Waals surface area contributed by atoms with Gasteiger partial charge in [-0.3, -0.25) is 9.11 Å². The highest BCUT2D eigenvalue weighted by atomic mass is 32.3. The van der Waals surface area contributed by atoms with Gasteiger partial charge in [-0.25, -0.2) is 0 Å². The Morgan fingerprint density at radius 3 is 1.29 bits per heavy atom. The van der Waals surface area contributed by atoms with E-state index in [-0.39, 0.29) is 11.9 Å². The summed E-state index contributed by atoms with van der Waals surface area (Å²) in [6, 6.07) is 0. The maximum atomic E-state index is 8.74. The molecular weight excluding hydrogens is 256 g/mol. The predicted molar refractivity (Wildman–Crippen MR) is 62.8 cm³/mol. The third kappa shape index (κ3) is 41.7. The lowest BCUT2D eigenvalue weighted by atomic mass is 10.8. The molecule has 0 rings (SSSR count). The summed E-state index contributed by atoms with van der Waals surface area (Å²) in [5, 5.41) is 13.3. The van der Waals surface area contributed by atoms with Crippen LogP contribution in [0.15, 0.2) is 20.4 Å². The lowest BCUT2D eigenvalue weighted by Crippen LogP contribution is -2.22. The fraction of sp³-hybridized carbons (Fsp3) is 0. The zero-order valence-corrected chi connectivity index (χ0v) is 9.19. The van der Waals surface area contributed by atoms with Crippen molar-refractivity contribution in [3.8, 4) is 0 Å². The van der Waals surface area contributed by atoms with E-state index >= 15 is 0 Å². The van der Waals surface area contributed by atoms with E-state index in [0.29, 0.717) is 0 Å². The second-order valence-electron chi connectivity index (χ2n) is 2.03. The van der Waals surface area contributed by atoms with E-state index in [0.717, 1.165) is 0 Å². The van der Waals surface area contributed by atoms with Gasteiger partial charge in [-0.05, 0) is 0 Å². The van der Waals surface area contributed by atoms with E-state index in [1.54, 1.807) is 0 Å². The molecule has 0 spiro atoms. The number of nitrogens with zero attached hydrogens (tertiary/aromatic N) is 4. The summed E-state index contributed by atoms with van der Waals surface area (Å²) in [5.41, 5.74) is 19.8. The Labute approximate surface area is 96.4 Å². The molecule has 0 atom stereocenters. The minimum atomic E-state index is -4.67. The largest absolute Gasteiger partial charge is 0.394 e. The van der Waals surface area contributed by atoms with Crippen LogP contribution in [0.3, 0.4) is 0 Å². The van der Waals surface area contributed by atoms with Gasteiger partial charge in [0.1, 0.15) is 0 Å². The first-order valence-electron chi connectivity index (χ1n) is 3.55. The molecule has 0 aliphatic carbocycles. The van der Waals surface area contributed by atoms with E-state index in [1.165, 1.54) is 12.4 Å². The predicted octanol–water partition coefficient (Wildman–Crippen LogP) is -3.15. The second-order valence-corrected chi connectivity index (χ2v) is 2.92. The van der Waals surface area contributed by atoms with Crippen LogP contribution in [-0.2, 0) is 10.4 Å². The van der Waals surface area contributed by atoms with Crippen LogP contribution in [0, 0.1) is 0 Å². The van der Waals surface area contributed by atoms with Crippen molar-refractivity contribution in [3.63, 3.8) is 0 Å². The van der Waals surface area contributed by atoms with Crippen molar-refractivity contribution in [2.75, 3.05) is 0 Å². The van der Waals surface area contributed by atoms with E-state index < -0.39 is 10.4 Å². The van der Waals surface area contributed by atoms with Crippen LogP contribution in [0.25, 0.3) is 0 Å². The lowest BCUT2D eigenvalue weighted by molar-refractivity contribution is 0.381. The lowest BCUT2D eigenvalue weighted by Gasteiger charge is -1.81. The Morgan fingerprint density at radius 2 is 1.12 bits per heavy atom. The molecule has 0 aromatic heterocycles. The number of hydrogen-bond donors (Lipinski definition) is 6. The van der Waals surface area contributed by atoms with Gasteiger partial charge >= 0.3 is 10.4 Å². The molecular formula is C4H12N8O4S. The van der Waals surface area contributed by atoms with E-state index in [1.807, 2.05) is 0 Å². The molecule has 10 N–H and O–H groups in total. The number of rotatable bonds is 3. The van der Waals surface area contributed by atoms with Crippen molar-refractivity contribution in [2.45, 2.75) is 0 Å². The highest BCUT2D eigenvalue weighted by Crippen LogP contribution is 1.67. The highest BCUT2D eigenvalue weighted by molar-refractivity contribution is 7.79. The SMILES string of the molecule is NC(N)=N/N=C/C=N/N=C(N)N.O=S(=O)(O)O. The molecule has 0 saturated carbocycles. The van der Waals surface area contributed by atoms with Crippen molar-refractivity contribution in [2.24, 2.45) is 43.3 Å². The second kappa shape index (κ2) is 9.01. The van der Waals surface area contributed by atoms with Crippen LogP contribution >= 0.6 is 0 Å². The smallest absolute Gasteiger partial charge is 0.369 e. The molecule has 0 aromatic rings. The third-order valence-electron chi connectivity index (χ3n) is 0.546. The fourth-order valence-corrected chi connectivity index (χ4v) is 0.260. The first-order chi connectivity index (χ1) is 7.63. The van der Waals surface area contributed by atoms with Crippen molar-refractivity contribution >= 4 is 34.7 Å². The Balaban J connectivity index is 0. The quantitative estimate of drug-likeness (QED) is 0.132. The molecule has 0 aliphatic heterocycles. The molecule has 0 aliphatic rings. The Bertz CT molecular complexity index is 381. The zero-order valence-electron chi connectivity index (χ0n) is 8.37. The average Bonchev–Trinajstić information content (AvgIpc) is 2.07. The van der Waals surface area contributed by atoms with Crippen molar-refractivity contribution in [3.05, 3.63) is 0 Å². The third-order valence-corrected chi connectivity index (χ3v) is 0.546. The summed E-state index contributed by atoms with van der Waals surface area (Å²) in [7, 11) is -4.67.